The first-order valence-electron chi connectivity index (χ1n) is 7.30. The predicted molar refractivity (Wildman–Crippen MR) is 78.6 cm³/mol. The average Bonchev–Trinajstić information content (AvgIpc) is 2.48. The molecule has 0 aliphatic heterocycles. The Morgan fingerprint density at radius 3 is 2.80 bits per heavy atom. The number of hydrogen-bond donors (Lipinski definition) is 2. The lowest BCUT2D eigenvalue weighted by molar-refractivity contribution is 0.0913. The quantitative estimate of drug-likeness (QED) is 0.862. The van der Waals surface area contributed by atoms with Gasteiger partial charge in [-0.25, -0.2) is 0 Å². The summed E-state index contributed by atoms with van der Waals surface area (Å²) in [6.07, 6.45) is 7.51. The van der Waals surface area contributed by atoms with E-state index < -0.39 is 0 Å². The van der Waals surface area contributed by atoms with Crippen LogP contribution in [0.5, 0.6) is 0 Å². The molecule has 5 nitrogen and oxygen atoms in total. The van der Waals surface area contributed by atoms with Gasteiger partial charge in [-0.3, -0.25) is 9.59 Å². The van der Waals surface area contributed by atoms with Crippen molar-refractivity contribution in [2.24, 2.45) is 18.7 Å². The van der Waals surface area contributed by atoms with E-state index in [1.54, 1.807) is 25.4 Å². The fraction of sp³-hybridized carbons (Fsp3) is 0.600. The van der Waals surface area contributed by atoms with Gasteiger partial charge in [0, 0.05) is 25.8 Å². The first-order chi connectivity index (χ1) is 9.63. The van der Waals surface area contributed by atoms with E-state index in [9.17, 15) is 9.59 Å². The molecule has 110 valence electrons. The van der Waals surface area contributed by atoms with Crippen LogP contribution in [-0.4, -0.2) is 23.1 Å². The van der Waals surface area contributed by atoms with Crippen LogP contribution in [0.4, 0.5) is 0 Å². The van der Waals surface area contributed by atoms with E-state index in [4.69, 9.17) is 5.73 Å². The summed E-state index contributed by atoms with van der Waals surface area (Å²) in [7, 11) is 1.64. The maximum atomic E-state index is 12.2. The van der Waals surface area contributed by atoms with Gasteiger partial charge in [0.1, 0.15) is 5.56 Å². The van der Waals surface area contributed by atoms with Gasteiger partial charge in [0.15, 0.2) is 0 Å². The van der Waals surface area contributed by atoms with Gasteiger partial charge in [-0.1, -0.05) is 19.3 Å². The molecule has 1 aromatic rings. The van der Waals surface area contributed by atoms with Crippen molar-refractivity contribution in [2.75, 3.05) is 6.54 Å². The number of aryl methyl sites for hydroxylation is 1. The number of aromatic nitrogens is 1. The average molecular weight is 277 g/mol. The highest BCUT2D eigenvalue weighted by Gasteiger charge is 2.25. The topological polar surface area (TPSA) is 77.1 Å². The molecule has 3 N–H and O–H groups in total. The third kappa shape index (κ3) is 3.28. The predicted octanol–water partition coefficient (Wildman–Crippen LogP) is 1.02. The van der Waals surface area contributed by atoms with E-state index in [1.807, 2.05) is 0 Å². The van der Waals surface area contributed by atoms with Gasteiger partial charge >= 0.3 is 0 Å². The summed E-state index contributed by atoms with van der Waals surface area (Å²) in [5, 5.41) is 2.94. The van der Waals surface area contributed by atoms with Crippen LogP contribution in [0.1, 0.15) is 42.5 Å². The number of nitrogens with two attached hydrogens (primary N) is 1. The molecule has 0 saturated heterocycles. The number of pyridine rings is 1. The van der Waals surface area contributed by atoms with Crippen molar-refractivity contribution in [1.29, 1.82) is 0 Å². The highest BCUT2D eigenvalue weighted by atomic mass is 16.2. The Bertz CT molecular complexity index is 518. The largest absolute Gasteiger partial charge is 0.348 e. The Labute approximate surface area is 119 Å². The van der Waals surface area contributed by atoms with Crippen molar-refractivity contribution >= 4 is 5.91 Å². The third-order valence-electron chi connectivity index (χ3n) is 4.16. The second kappa shape index (κ2) is 6.70. The number of hydrogen-bond acceptors (Lipinski definition) is 3. The van der Waals surface area contributed by atoms with Crippen molar-refractivity contribution < 1.29 is 4.79 Å². The van der Waals surface area contributed by atoms with Crippen LogP contribution >= 0.6 is 0 Å². The smallest absolute Gasteiger partial charge is 0.263 e. The maximum Gasteiger partial charge on any atom is 0.263 e. The minimum Gasteiger partial charge on any atom is -0.348 e. The number of carbonyl (C=O) groups is 1. The molecule has 1 saturated carbocycles. The first kappa shape index (κ1) is 14.8. The summed E-state index contributed by atoms with van der Waals surface area (Å²) in [6.45, 7) is 0.420. The Hall–Kier alpha value is -1.62. The highest BCUT2D eigenvalue weighted by molar-refractivity contribution is 5.94. The van der Waals surface area contributed by atoms with Gasteiger partial charge in [-0.15, -0.1) is 0 Å². The fourth-order valence-corrected chi connectivity index (χ4v) is 2.92. The fourth-order valence-electron chi connectivity index (χ4n) is 2.92. The summed E-state index contributed by atoms with van der Waals surface area (Å²) < 4.78 is 1.41. The summed E-state index contributed by atoms with van der Waals surface area (Å²) >= 11 is 0. The van der Waals surface area contributed by atoms with Crippen molar-refractivity contribution in [3.8, 4) is 0 Å². The van der Waals surface area contributed by atoms with E-state index in [-0.39, 0.29) is 23.1 Å². The number of nitrogens with zero attached hydrogens (tertiary/aromatic N) is 1. The summed E-state index contributed by atoms with van der Waals surface area (Å²) in [4.78, 5) is 24.2. The Balaban J connectivity index is 2.08. The number of rotatable bonds is 4. The zero-order valence-corrected chi connectivity index (χ0v) is 12.0. The first-order valence-corrected chi connectivity index (χ1v) is 7.30. The van der Waals surface area contributed by atoms with Crippen molar-refractivity contribution in [1.82, 2.24) is 9.88 Å². The minimum atomic E-state index is -0.313. The molecule has 1 unspecified atom stereocenters. The molecule has 1 fully saturated rings. The second-order valence-electron chi connectivity index (χ2n) is 5.55. The maximum absolute atomic E-state index is 12.2. The van der Waals surface area contributed by atoms with Crippen LogP contribution in [0, 0.1) is 5.92 Å². The SMILES string of the molecule is Cn1cccc(C(=O)NC(CN)C2CCCCC2)c1=O. The van der Waals surface area contributed by atoms with Gasteiger partial charge in [0.2, 0.25) is 0 Å². The van der Waals surface area contributed by atoms with Crippen LogP contribution in [0.25, 0.3) is 0 Å². The normalized spacial score (nSPS) is 17.7. The Morgan fingerprint density at radius 2 is 2.15 bits per heavy atom. The molecule has 1 aromatic heterocycles. The number of carbonyl (C=O) groups excluding carboxylic acids is 1. The lowest BCUT2D eigenvalue weighted by Crippen LogP contribution is -2.47. The zero-order chi connectivity index (χ0) is 14.5. The second-order valence-corrected chi connectivity index (χ2v) is 5.55. The summed E-state index contributed by atoms with van der Waals surface area (Å²) in [5.41, 5.74) is 5.71. The summed E-state index contributed by atoms with van der Waals surface area (Å²) in [5.74, 6) is 0.123. The van der Waals surface area contributed by atoms with E-state index in [0.717, 1.165) is 12.8 Å². The lowest BCUT2D eigenvalue weighted by Gasteiger charge is -2.30. The molecule has 1 atom stereocenters. The molecule has 1 amide bonds. The monoisotopic (exact) mass is 277 g/mol. The van der Waals surface area contributed by atoms with Crippen LogP contribution in [0.15, 0.2) is 23.1 Å². The molecule has 5 heteroatoms. The van der Waals surface area contributed by atoms with Gasteiger partial charge in [0.05, 0.1) is 0 Å². The standard InChI is InChI=1S/C15H23N3O2/c1-18-9-5-8-12(15(18)20)14(19)17-13(10-16)11-6-3-2-4-7-11/h5,8-9,11,13H,2-4,6-7,10,16H2,1H3,(H,17,19). The lowest BCUT2D eigenvalue weighted by atomic mass is 9.84. The van der Waals surface area contributed by atoms with E-state index in [1.165, 1.54) is 23.8 Å². The Kier molecular flexibility index (Phi) is 4.95. The molecule has 2 rings (SSSR count). The molecule has 0 radical (unpaired) electrons. The van der Waals surface area contributed by atoms with Gasteiger partial charge in [0.25, 0.3) is 11.5 Å². The highest BCUT2D eigenvalue weighted by Crippen LogP contribution is 2.26. The molecule has 0 spiro atoms. The van der Waals surface area contributed by atoms with E-state index in [0.29, 0.717) is 12.5 Å². The van der Waals surface area contributed by atoms with E-state index >= 15 is 0 Å². The van der Waals surface area contributed by atoms with Crippen molar-refractivity contribution in [3.63, 3.8) is 0 Å². The molecule has 1 heterocycles. The third-order valence-corrected chi connectivity index (χ3v) is 4.16. The molecule has 0 bridgehead atoms. The van der Waals surface area contributed by atoms with Crippen LogP contribution < -0.4 is 16.6 Å². The van der Waals surface area contributed by atoms with Crippen LogP contribution in [-0.2, 0) is 7.05 Å². The molecule has 0 aromatic carbocycles. The summed E-state index contributed by atoms with van der Waals surface area (Å²) in [6, 6.07) is 3.23. The minimum absolute atomic E-state index is 0.0345. The van der Waals surface area contributed by atoms with E-state index in [2.05, 4.69) is 5.32 Å². The zero-order valence-electron chi connectivity index (χ0n) is 12.0. The molecular formula is C15H23N3O2. The van der Waals surface area contributed by atoms with Gasteiger partial charge in [-0.05, 0) is 30.9 Å². The number of amides is 1. The van der Waals surface area contributed by atoms with Crippen LogP contribution in [0.3, 0.4) is 0 Å². The van der Waals surface area contributed by atoms with Gasteiger partial charge in [-0.2, -0.15) is 0 Å². The molecular weight excluding hydrogens is 254 g/mol. The molecule has 20 heavy (non-hydrogen) atoms. The van der Waals surface area contributed by atoms with Gasteiger partial charge < -0.3 is 15.6 Å². The van der Waals surface area contributed by atoms with Crippen LogP contribution in [0.2, 0.25) is 0 Å². The van der Waals surface area contributed by atoms with Crippen molar-refractivity contribution in [3.05, 3.63) is 34.2 Å². The molecule has 1 aliphatic rings. The van der Waals surface area contributed by atoms with Crippen molar-refractivity contribution in [2.45, 2.75) is 38.1 Å². The number of nitrogens with one attached hydrogen (secondary N) is 1. The Morgan fingerprint density at radius 1 is 1.45 bits per heavy atom. The molecule has 1 aliphatic carbocycles.